The number of carbonyl (C=O) groups excluding carboxylic acids is 1. The Labute approximate surface area is 135 Å². The van der Waals surface area contributed by atoms with Crippen LogP contribution in [0.25, 0.3) is 5.69 Å². The molecule has 0 saturated carbocycles. The van der Waals surface area contributed by atoms with Crippen LogP contribution in [0.15, 0.2) is 35.7 Å². The number of nitrogens with one attached hydrogen (secondary N) is 1. The fourth-order valence-electron chi connectivity index (χ4n) is 2.01. The zero-order valence-corrected chi connectivity index (χ0v) is 13.9. The van der Waals surface area contributed by atoms with Crippen LogP contribution in [0.4, 0.5) is 0 Å². The smallest absolute Gasteiger partial charge is 0.230 e. The number of thioether (sulfide) groups is 1. The van der Waals surface area contributed by atoms with E-state index < -0.39 is 0 Å². The third-order valence-corrected chi connectivity index (χ3v) is 4.07. The van der Waals surface area contributed by atoms with Crippen molar-refractivity contribution in [3.8, 4) is 11.4 Å². The zero-order valence-electron chi connectivity index (χ0n) is 13.1. The molecule has 0 unspecified atom stereocenters. The fraction of sp³-hybridized carbons (Fsp3) is 0.375. The van der Waals surface area contributed by atoms with Gasteiger partial charge in [0.2, 0.25) is 5.91 Å². The molecule has 0 aliphatic carbocycles. The Morgan fingerprint density at radius 3 is 3.00 bits per heavy atom. The van der Waals surface area contributed by atoms with Gasteiger partial charge >= 0.3 is 0 Å². The Hall–Kier alpha value is -1.95. The molecule has 1 N–H and O–H groups in total. The first-order chi connectivity index (χ1) is 10.7. The molecule has 0 radical (unpaired) electrons. The molecule has 1 aromatic carbocycles. The molecular formula is C16H21N3O2S. The Kier molecular flexibility index (Phi) is 5.89. The van der Waals surface area contributed by atoms with E-state index in [0.717, 1.165) is 28.6 Å². The minimum absolute atomic E-state index is 0.0256. The van der Waals surface area contributed by atoms with Crippen LogP contribution in [0.3, 0.4) is 0 Å². The van der Waals surface area contributed by atoms with Gasteiger partial charge in [0.1, 0.15) is 5.75 Å². The molecule has 1 amide bonds. The number of nitrogens with zero attached hydrogens (tertiary/aromatic N) is 2. The van der Waals surface area contributed by atoms with Crippen molar-refractivity contribution >= 4 is 17.7 Å². The lowest BCUT2D eigenvalue weighted by Gasteiger charge is -2.12. The zero-order chi connectivity index (χ0) is 15.9. The van der Waals surface area contributed by atoms with Crippen molar-refractivity contribution in [2.75, 3.05) is 19.4 Å². The summed E-state index contributed by atoms with van der Waals surface area (Å²) in [6.07, 6.45) is 4.54. The maximum absolute atomic E-state index is 11.7. The summed E-state index contributed by atoms with van der Waals surface area (Å²) in [5.41, 5.74) is 2.07. The van der Waals surface area contributed by atoms with E-state index in [1.165, 1.54) is 11.8 Å². The van der Waals surface area contributed by atoms with Crippen LogP contribution in [0.1, 0.15) is 18.9 Å². The maximum Gasteiger partial charge on any atom is 0.230 e. The molecule has 1 heterocycles. The molecule has 2 rings (SSSR count). The molecule has 118 valence electrons. The van der Waals surface area contributed by atoms with E-state index in [0.29, 0.717) is 12.3 Å². The van der Waals surface area contributed by atoms with Crippen molar-refractivity contribution in [2.45, 2.75) is 25.4 Å². The molecule has 1 aromatic heterocycles. The fourth-order valence-corrected chi connectivity index (χ4v) is 2.81. The van der Waals surface area contributed by atoms with Crippen molar-refractivity contribution in [2.24, 2.45) is 0 Å². The largest absolute Gasteiger partial charge is 0.495 e. The third kappa shape index (κ3) is 4.04. The Bertz CT molecular complexity index is 640. The van der Waals surface area contributed by atoms with Crippen molar-refractivity contribution in [3.05, 3.63) is 36.2 Å². The van der Waals surface area contributed by atoms with Crippen LogP contribution in [-0.4, -0.2) is 34.9 Å². The summed E-state index contributed by atoms with van der Waals surface area (Å²) in [5.74, 6) is 1.16. The topological polar surface area (TPSA) is 56.2 Å². The van der Waals surface area contributed by atoms with Gasteiger partial charge in [-0.15, -0.1) is 0 Å². The second-order valence-corrected chi connectivity index (χ2v) is 5.84. The highest BCUT2D eigenvalue weighted by atomic mass is 32.2. The molecule has 22 heavy (non-hydrogen) atoms. The molecule has 0 aliphatic rings. The van der Waals surface area contributed by atoms with Crippen LogP contribution in [0, 0.1) is 6.92 Å². The second-order valence-electron chi connectivity index (χ2n) is 4.89. The summed E-state index contributed by atoms with van der Waals surface area (Å²) in [7, 11) is 1.65. The lowest BCUT2D eigenvalue weighted by atomic mass is 10.2. The van der Waals surface area contributed by atoms with Crippen LogP contribution in [-0.2, 0) is 4.79 Å². The van der Waals surface area contributed by atoms with Gasteiger partial charge in [0.15, 0.2) is 5.16 Å². The first kappa shape index (κ1) is 16.4. The predicted molar refractivity (Wildman–Crippen MR) is 88.9 cm³/mol. The number of aryl methyl sites for hydroxylation is 1. The number of benzene rings is 1. The van der Waals surface area contributed by atoms with E-state index in [1.807, 2.05) is 42.8 Å². The molecule has 5 nitrogen and oxygen atoms in total. The van der Waals surface area contributed by atoms with Gasteiger partial charge in [0.05, 0.1) is 18.6 Å². The van der Waals surface area contributed by atoms with Crippen molar-refractivity contribution in [1.29, 1.82) is 0 Å². The number of imidazole rings is 1. The standard InChI is InChI=1S/C16H21N3O2S/c1-4-7-17-15(20)11-22-16-18-8-9-19(16)13-10-12(2)5-6-14(13)21-3/h5-6,8-10H,4,7,11H2,1-3H3,(H,17,20). The van der Waals surface area contributed by atoms with Gasteiger partial charge in [-0.25, -0.2) is 4.98 Å². The van der Waals surface area contributed by atoms with Crippen molar-refractivity contribution in [3.63, 3.8) is 0 Å². The summed E-state index contributed by atoms with van der Waals surface area (Å²) >= 11 is 1.42. The normalized spacial score (nSPS) is 10.5. The van der Waals surface area contributed by atoms with Crippen LogP contribution in [0.2, 0.25) is 0 Å². The SMILES string of the molecule is CCCNC(=O)CSc1nccn1-c1cc(C)ccc1OC. The van der Waals surface area contributed by atoms with Gasteiger partial charge in [-0.05, 0) is 31.0 Å². The van der Waals surface area contributed by atoms with E-state index in [4.69, 9.17) is 4.74 Å². The molecule has 0 fully saturated rings. The lowest BCUT2D eigenvalue weighted by Crippen LogP contribution is -2.25. The second kappa shape index (κ2) is 7.89. The molecule has 0 atom stereocenters. The average molecular weight is 319 g/mol. The third-order valence-electron chi connectivity index (χ3n) is 3.11. The van der Waals surface area contributed by atoms with Gasteiger partial charge in [-0.3, -0.25) is 9.36 Å². The number of ether oxygens (including phenoxy) is 1. The van der Waals surface area contributed by atoms with E-state index in [-0.39, 0.29) is 5.91 Å². The minimum atomic E-state index is 0.0256. The number of rotatable bonds is 7. The molecule has 6 heteroatoms. The maximum atomic E-state index is 11.7. The number of methoxy groups -OCH3 is 1. The number of amides is 1. The van der Waals surface area contributed by atoms with Crippen molar-refractivity contribution < 1.29 is 9.53 Å². The summed E-state index contributed by atoms with van der Waals surface area (Å²) in [6.45, 7) is 4.77. The molecule has 2 aromatic rings. The quantitative estimate of drug-likeness (QED) is 0.797. The van der Waals surface area contributed by atoms with E-state index >= 15 is 0 Å². The summed E-state index contributed by atoms with van der Waals surface area (Å²) in [5, 5.41) is 3.64. The Morgan fingerprint density at radius 2 is 2.27 bits per heavy atom. The lowest BCUT2D eigenvalue weighted by molar-refractivity contribution is -0.118. The van der Waals surface area contributed by atoms with E-state index in [9.17, 15) is 4.79 Å². The number of aromatic nitrogens is 2. The molecule has 0 bridgehead atoms. The average Bonchev–Trinajstić information content (AvgIpc) is 2.99. The monoisotopic (exact) mass is 319 g/mol. The van der Waals surface area contributed by atoms with Gasteiger partial charge in [0, 0.05) is 18.9 Å². The number of hydrogen-bond donors (Lipinski definition) is 1. The number of hydrogen-bond acceptors (Lipinski definition) is 4. The van der Waals surface area contributed by atoms with Crippen LogP contribution >= 0.6 is 11.8 Å². The summed E-state index contributed by atoms with van der Waals surface area (Å²) < 4.78 is 7.37. The highest BCUT2D eigenvalue weighted by Gasteiger charge is 2.12. The number of carbonyl (C=O) groups is 1. The van der Waals surface area contributed by atoms with Crippen LogP contribution in [0.5, 0.6) is 5.75 Å². The Morgan fingerprint density at radius 1 is 1.45 bits per heavy atom. The Balaban J connectivity index is 2.16. The highest BCUT2D eigenvalue weighted by Crippen LogP contribution is 2.28. The van der Waals surface area contributed by atoms with Gasteiger partial charge in [-0.2, -0.15) is 0 Å². The van der Waals surface area contributed by atoms with Gasteiger partial charge in [-0.1, -0.05) is 24.8 Å². The highest BCUT2D eigenvalue weighted by molar-refractivity contribution is 7.99. The van der Waals surface area contributed by atoms with Gasteiger partial charge < -0.3 is 10.1 Å². The van der Waals surface area contributed by atoms with Crippen LogP contribution < -0.4 is 10.1 Å². The van der Waals surface area contributed by atoms with E-state index in [2.05, 4.69) is 10.3 Å². The van der Waals surface area contributed by atoms with Crippen molar-refractivity contribution in [1.82, 2.24) is 14.9 Å². The molecule has 0 spiro atoms. The van der Waals surface area contributed by atoms with Gasteiger partial charge in [0.25, 0.3) is 0 Å². The molecule has 0 aliphatic heterocycles. The first-order valence-electron chi connectivity index (χ1n) is 7.23. The predicted octanol–water partition coefficient (Wildman–Crippen LogP) is 2.81. The summed E-state index contributed by atoms with van der Waals surface area (Å²) in [4.78, 5) is 16.1. The minimum Gasteiger partial charge on any atom is -0.495 e. The molecule has 0 saturated heterocycles. The molecular weight excluding hydrogens is 298 g/mol. The first-order valence-corrected chi connectivity index (χ1v) is 8.22. The van der Waals surface area contributed by atoms with E-state index in [1.54, 1.807) is 13.3 Å². The summed E-state index contributed by atoms with van der Waals surface area (Å²) in [6, 6.07) is 5.99.